The van der Waals surface area contributed by atoms with Gasteiger partial charge in [-0.25, -0.2) is 0 Å². The van der Waals surface area contributed by atoms with Crippen molar-refractivity contribution in [3.05, 3.63) is 23.8 Å². The van der Waals surface area contributed by atoms with Crippen LogP contribution in [0.25, 0.3) is 0 Å². The smallest absolute Gasteiger partial charge is 0.161 e. The van der Waals surface area contributed by atoms with Gasteiger partial charge in [-0.1, -0.05) is 19.9 Å². The van der Waals surface area contributed by atoms with Gasteiger partial charge in [-0.05, 0) is 43.5 Å². The fraction of sp³-hybridized carbons (Fsp3) is 0.600. The van der Waals surface area contributed by atoms with Crippen LogP contribution in [0.5, 0.6) is 11.5 Å². The van der Waals surface area contributed by atoms with E-state index in [0.29, 0.717) is 6.61 Å². The van der Waals surface area contributed by atoms with Crippen LogP contribution in [-0.4, -0.2) is 20.3 Å². The Morgan fingerprint density at radius 1 is 1.21 bits per heavy atom. The third kappa shape index (κ3) is 6.69. The molecule has 0 aliphatic carbocycles. The van der Waals surface area contributed by atoms with Crippen LogP contribution in [0.15, 0.2) is 18.2 Å². The van der Waals surface area contributed by atoms with Gasteiger partial charge in [0.2, 0.25) is 0 Å². The average molecular weight is 288 g/mol. The molecule has 19 heavy (non-hydrogen) atoms. The molecule has 0 radical (unpaired) electrons. The normalized spacial score (nSPS) is 10.2. The standard InChI is InChI=1S/C15H25NO2.ClH/c1-5-18-15-10-13(6-7-14(15)17-4)11-16-9-8-12(2)3;/h6-7,10,12,16H,5,8-9,11H2,1-4H3;1H. The molecule has 0 bridgehead atoms. The highest BCUT2D eigenvalue weighted by atomic mass is 35.5. The van der Waals surface area contributed by atoms with Crippen molar-refractivity contribution in [1.82, 2.24) is 5.32 Å². The number of ether oxygens (including phenoxy) is 2. The van der Waals surface area contributed by atoms with Crippen molar-refractivity contribution in [2.45, 2.75) is 33.7 Å². The summed E-state index contributed by atoms with van der Waals surface area (Å²) in [7, 11) is 1.67. The number of rotatable bonds is 8. The van der Waals surface area contributed by atoms with Crippen molar-refractivity contribution in [2.75, 3.05) is 20.3 Å². The number of nitrogens with one attached hydrogen (secondary N) is 1. The maximum absolute atomic E-state index is 5.56. The minimum absolute atomic E-state index is 0. The zero-order valence-electron chi connectivity index (χ0n) is 12.4. The molecule has 0 unspecified atom stereocenters. The molecule has 0 fully saturated rings. The molecule has 0 amide bonds. The van der Waals surface area contributed by atoms with Crippen LogP contribution >= 0.6 is 12.4 Å². The summed E-state index contributed by atoms with van der Waals surface area (Å²) in [4.78, 5) is 0. The molecule has 0 spiro atoms. The van der Waals surface area contributed by atoms with Gasteiger partial charge in [0.1, 0.15) is 0 Å². The highest BCUT2D eigenvalue weighted by molar-refractivity contribution is 5.85. The number of methoxy groups -OCH3 is 1. The molecule has 1 aromatic rings. The molecule has 1 rings (SSSR count). The molecule has 0 aliphatic heterocycles. The Kier molecular flexibility index (Phi) is 9.44. The highest BCUT2D eigenvalue weighted by Crippen LogP contribution is 2.27. The lowest BCUT2D eigenvalue weighted by Gasteiger charge is -2.12. The maximum atomic E-state index is 5.56. The van der Waals surface area contributed by atoms with Gasteiger partial charge in [-0.3, -0.25) is 0 Å². The first kappa shape index (κ1) is 18.1. The van der Waals surface area contributed by atoms with Gasteiger partial charge in [-0.2, -0.15) is 0 Å². The fourth-order valence-electron chi connectivity index (χ4n) is 1.72. The Bertz CT molecular complexity index is 356. The van der Waals surface area contributed by atoms with E-state index in [-0.39, 0.29) is 12.4 Å². The monoisotopic (exact) mass is 287 g/mol. The number of benzene rings is 1. The largest absolute Gasteiger partial charge is 0.493 e. The van der Waals surface area contributed by atoms with Crippen LogP contribution in [0, 0.1) is 5.92 Å². The Morgan fingerprint density at radius 2 is 1.95 bits per heavy atom. The molecular weight excluding hydrogens is 262 g/mol. The van der Waals surface area contributed by atoms with E-state index < -0.39 is 0 Å². The molecule has 1 aromatic carbocycles. The summed E-state index contributed by atoms with van der Waals surface area (Å²) < 4.78 is 10.8. The van der Waals surface area contributed by atoms with E-state index in [4.69, 9.17) is 9.47 Å². The van der Waals surface area contributed by atoms with Crippen molar-refractivity contribution in [1.29, 1.82) is 0 Å². The topological polar surface area (TPSA) is 30.5 Å². The SMILES string of the molecule is CCOc1cc(CNCCC(C)C)ccc1OC.Cl. The first-order valence-electron chi connectivity index (χ1n) is 6.67. The number of halogens is 1. The van der Waals surface area contributed by atoms with Crippen molar-refractivity contribution < 1.29 is 9.47 Å². The molecule has 4 heteroatoms. The van der Waals surface area contributed by atoms with Crippen molar-refractivity contribution in [3.63, 3.8) is 0 Å². The Balaban J connectivity index is 0.00000324. The minimum Gasteiger partial charge on any atom is -0.493 e. The van der Waals surface area contributed by atoms with E-state index >= 15 is 0 Å². The molecule has 0 saturated carbocycles. The van der Waals surface area contributed by atoms with E-state index in [9.17, 15) is 0 Å². The summed E-state index contributed by atoms with van der Waals surface area (Å²) in [5.74, 6) is 2.36. The summed E-state index contributed by atoms with van der Waals surface area (Å²) >= 11 is 0. The fourth-order valence-corrected chi connectivity index (χ4v) is 1.72. The lowest BCUT2D eigenvalue weighted by atomic mass is 10.1. The molecule has 3 nitrogen and oxygen atoms in total. The van der Waals surface area contributed by atoms with Crippen LogP contribution in [0.4, 0.5) is 0 Å². The molecule has 0 atom stereocenters. The highest BCUT2D eigenvalue weighted by Gasteiger charge is 2.05. The summed E-state index contributed by atoms with van der Waals surface area (Å²) in [6.45, 7) is 9.03. The van der Waals surface area contributed by atoms with Crippen LogP contribution < -0.4 is 14.8 Å². The van der Waals surface area contributed by atoms with Crippen molar-refractivity contribution >= 4 is 12.4 Å². The Hall–Kier alpha value is -0.930. The van der Waals surface area contributed by atoms with Crippen LogP contribution in [-0.2, 0) is 6.54 Å². The van der Waals surface area contributed by atoms with Crippen LogP contribution in [0.1, 0.15) is 32.8 Å². The summed E-state index contributed by atoms with van der Waals surface area (Å²) in [6.07, 6.45) is 1.20. The molecule has 110 valence electrons. The quantitative estimate of drug-likeness (QED) is 0.740. The first-order chi connectivity index (χ1) is 8.67. The summed E-state index contributed by atoms with van der Waals surface area (Å²) in [6, 6.07) is 6.08. The van der Waals surface area contributed by atoms with Gasteiger partial charge in [0.15, 0.2) is 11.5 Å². The lowest BCUT2D eigenvalue weighted by Crippen LogP contribution is -2.16. The van der Waals surface area contributed by atoms with Crippen LogP contribution in [0.2, 0.25) is 0 Å². The zero-order chi connectivity index (χ0) is 13.4. The summed E-state index contributed by atoms with van der Waals surface area (Å²) in [5, 5.41) is 3.44. The van der Waals surface area contributed by atoms with Gasteiger partial charge in [0.25, 0.3) is 0 Å². The third-order valence-electron chi connectivity index (χ3n) is 2.76. The van der Waals surface area contributed by atoms with Gasteiger partial charge in [0, 0.05) is 6.54 Å². The van der Waals surface area contributed by atoms with E-state index in [1.54, 1.807) is 7.11 Å². The first-order valence-corrected chi connectivity index (χ1v) is 6.67. The van der Waals surface area contributed by atoms with Crippen LogP contribution in [0.3, 0.4) is 0 Å². The summed E-state index contributed by atoms with van der Waals surface area (Å²) in [5.41, 5.74) is 1.23. The second-order valence-electron chi connectivity index (χ2n) is 4.78. The Labute approximate surface area is 123 Å². The predicted molar refractivity (Wildman–Crippen MR) is 82.6 cm³/mol. The van der Waals surface area contributed by atoms with E-state index in [1.807, 2.05) is 19.1 Å². The molecule has 1 N–H and O–H groups in total. The minimum atomic E-state index is 0. The van der Waals surface area contributed by atoms with E-state index in [1.165, 1.54) is 12.0 Å². The molecule has 0 heterocycles. The average Bonchev–Trinajstić information content (AvgIpc) is 2.35. The molecular formula is C15H26ClNO2. The Morgan fingerprint density at radius 3 is 2.53 bits per heavy atom. The van der Waals surface area contributed by atoms with Gasteiger partial charge >= 0.3 is 0 Å². The maximum Gasteiger partial charge on any atom is 0.161 e. The number of hydrogen-bond donors (Lipinski definition) is 1. The lowest BCUT2D eigenvalue weighted by molar-refractivity contribution is 0.310. The zero-order valence-corrected chi connectivity index (χ0v) is 13.2. The second kappa shape index (κ2) is 9.93. The molecule has 0 saturated heterocycles. The van der Waals surface area contributed by atoms with Gasteiger partial charge < -0.3 is 14.8 Å². The van der Waals surface area contributed by atoms with E-state index in [0.717, 1.165) is 30.5 Å². The van der Waals surface area contributed by atoms with Gasteiger partial charge in [-0.15, -0.1) is 12.4 Å². The van der Waals surface area contributed by atoms with Crippen molar-refractivity contribution in [2.24, 2.45) is 5.92 Å². The van der Waals surface area contributed by atoms with E-state index in [2.05, 4.69) is 25.2 Å². The van der Waals surface area contributed by atoms with Crippen molar-refractivity contribution in [3.8, 4) is 11.5 Å². The van der Waals surface area contributed by atoms with Gasteiger partial charge in [0.05, 0.1) is 13.7 Å². The molecule has 0 aromatic heterocycles. The second-order valence-corrected chi connectivity index (χ2v) is 4.78. The molecule has 0 aliphatic rings. The number of hydrogen-bond acceptors (Lipinski definition) is 3. The third-order valence-corrected chi connectivity index (χ3v) is 2.76. The predicted octanol–water partition coefficient (Wildman–Crippen LogP) is 3.65.